The van der Waals surface area contributed by atoms with E-state index in [9.17, 15) is 8.78 Å². The molecule has 0 spiro atoms. The highest BCUT2D eigenvalue weighted by Crippen LogP contribution is 2.34. The molecular weight excluding hydrogens is 218 g/mol. The van der Waals surface area contributed by atoms with Gasteiger partial charge in [-0.3, -0.25) is 0 Å². The van der Waals surface area contributed by atoms with E-state index in [2.05, 4.69) is 0 Å². The van der Waals surface area contributed by atoms with Crippen LogP contribution in [0, 0.1) is 18.1 Å². The first-order chi connectivity index (χ1) is 8.25. The van der Waals surface area contributed by atoms with Gasteiger partial charge in [-0.25, -0.2) is 8.78 Å². The van der Waals surface area contributed by atoms with Crippen LogP contribution in [0.3, 0.4) is 0 Å². The Morgan fingerprint density at radius 3 is 2.53 bits per heavy atom. The van der Waals surface area contributed by atoms with Gasteiger partial charge in [0, 0.05) is 12.0 Å². The van der Waals surface area contributed by atoms with Crippen molar-refractivity contribution in [3.63, 3.8) is 0 Å². The summed E-state index contributed by atoms with van der Waals surface area (Å²) in [5, 5.41) is 0. The maximum absolute atomic E-state index is 13.7. The molecule has 0 aromatic heterocycles. The van der Waals surface area contributed by atoms with Gasteiger partial charge in [0.1, 0.15) is 11.6 Å². The Balaban J connectivity index is 2.16. The molecule has 1 radical (unpaired) electrons. The molecule has 0 unspecified atom stereocenters. The lowest BCUT2D eigenvalue weighted by atomic mass is 9.99. The van der Waals surface area contributed by atoms with E-state index >= 15 is 0 Å². The van der Waals surface area contributed by atoms with Crippen molar-refractivity contribution >= 4 is 5.57 Å². The highest BCUT2D eigenvalue weighted by Gasteiger charge is 2.18. The summed E-state index contributed by atoms with van der Waals surface area (Å²) in [6.45, 7) is 0. The third-order valence-electron chi connectivity index (χ3n) is 2.90. The summed E-state index contributed by atoms with van der Waals surface area (Å²) in [5.41, 5.74) is 3.02. The number of hydrogen-bond acceptors (Lipinski definition) is 0. The summed E-state index contributed by atoms with van der Waals surface area (Å²) in [6, 6.07) is 11.2. The van der Waals surface area contributed by atoms with Gasteiger partial charge in [0.25, 0.3) is 0 Å². The zero-order valence-corrected chi connectivity index (χ0v) is 8.95. The zero-order valence-electron chi connectivity index (χ0n) is 8.95. The lowest BCUT2D eigenvalue weighted by Gasteiger charge is -2.07. The van der Waals surface area contributed by atoms with Crippen molar-refractivity contribution in [2.75, 3.05) is 0 Å². The molecule has 0 aliphatic heterocycles. The summed E-state index contributed by atoms with van der Waals surface area (Å²) in [7, 11) is 0. The van der Waals surface area contributed by atoms with Gasteiger partial charge in [-0.1, -0.05) is 30.3 Å². The maximum Gasteiger partial charge on any atom is 0.131 e. The number of allylic oxidation sites excluding steroid dienone is 1. The van der Waals surface area contributed by atoms with Crippen molar-refractivity contribution in [2.45, 2.75) is 0 Å². The van der Waals surface area contributed by atoms with Crippen molar-refractivity contribution in [1.82, 2.24) is 0 Å². The fourth-order valence-electron chi connectivity index (χ4n) is 2.09. The first kappa shape index (κ1) is 10.2. The van der Waals surface area contributed by atoms with Crippen LogP contribution in [0.15, 0.2) is 48.5 Å². The molecule has 2 heteroatoms. The smallest absolute Gasteiger partial charge is 0.131 e. The average molecular weight is 227 g/mol. The molecule has 0 saturated heterocycles. The van der Waals surface area contributed by atoms with Crippen LogP contribution in [0.5, 0.6) is 0 Å². The van der Waals surface area contributed by atoms with Crippen molar-refractivity contribution in [2.24, 2.45) is 0 Å². The normalized spacial score (nSPS) is 13.4. The minimum Gasteiger partial charge on any atom is -0.207 e. The molecule has 83 valence electrons. The molecule has 2 aromatic rings. The van der Waals surface area contributed by atoms with Crippen LogP contribution in [-0.2, 0) is 0 Å². The Hall–Kier alpha value is -1.96. The van der Waals surface area contributed by atoms with Gasteiger partial charge in [-0.2, -0.15) is 0 Å². The summed E-state index contributed by atoms with van der Waals surface area (Å²) in [6.07, 6.45) is 3.73. The van der Waals surface area contributed by atoms with E-state index in [0.717, 1.165) is 28.8 Å². The van der Waals surface area contributed by atoms with Crippen LogP contribution in [0.4, 0.5) is 8.78 Å². The van der Waals surface area contributed by atoms with Gasteiger partial charge in [0.2, 0.25) is 0 Å². The molecule has 0 atom stereocenters. The minimum atomic E-state index is -0.424. The van der Waals surface area contributed by atoms with Crippen LogP contribution >= 0.6 is 0 Å². The first-order valence-electron chi connectivity index (χ1n) is 5.35. The SMILES string of the molecule is Fc1ccc(F)c(C2=C[CH]c3ccccc32)c1. The highest BCUT2D eigenvalue weighted by molar-refractivity contribution is 5.87. The van der Waals surface area contributed by atoms with Gasteiger partial charge in [0.15, 0.2) is 0 Å². The highest BCUT2D eigenvalue weighted by atomic mass is 19.1. The van der Waals surface area contributed by atoms with E-state index in [4.69, 9.17) is 0 Å². The summed E-state index contributed by atoms with van der Waals surface area (Å²) in [4.78, 5) is 0. The third-order valence-corrected chi connectivity index (χ3v) is 2.90. The predicted octanol–water partition coefficient (Wildman–Crippen LogP) is 3.96. The summed E-state index contributed by atoms with van der Waals surface area (Å²) < 4.78 is 26.9. The van der Waals surface area contributed by atoms with E-state index in [1.54, 1.807) is 0 Å². The van der Waals surface area contributed by atoms with Crippen molar-refractivity contribution in [1.29, 1.82) is 0 Å². The maximum atomic E-state index is 13.7. The van der Waals surface area contributed by atoms with Crippen LogP contribution in [-0.4, -0.2) is 0 Å². The number of rotatable bonds is 1. The van der Waals surface area contributed by atoms with Crippen LogP contribution < -0.4 is 0 Å². The van der Waals surface area contributed by atoms with E-state index in [1.807, 2.05) is 36.8 Å². The molecule has 0 nitrogen and oxygen atoms in total. The summed E-state index contributed by atoms with van der Waals surface area (Å²) >= 11 is 0. The Labute approximate surface area is 98.2 Å². The lowest BCUT2D eigenvalue weighted by molar-refractivity contribution is 0.597. The van der Waals surface area contributed by atoms with Crippen molar-refractivity contribution in [3.05, 3.63) is 83.3 Å². The van der Waals surface area contributed by atoms with E-state index in [0.29, 0.717) is 5.56 Å². The molecule has 1 aliphatic carbocycles. The molecule has 3 rings (SSSR count). The van der Waals surface area contributed by atoms with Crippen LogP contribution in [0.1, 0.15) is 16.7 Å². The number of benzene rings is 2. The van der Waals surface area contributed by atoms with Gasteiger partial charge in [-0.15, -0.1) is 0 Å². The monoisotopic (exact) mass is 227 g/mol. The topological polar surface area (TPSA) is 0 Å². The molecule has 0 N–H and O–H groups in total. The molecule has 0 heterocycles. The van der Waals surface area contributed by atoms with Gasteiger partial charge in [0.05, 0.1) is 0 Å². The second-order valence-corrected chi connectivity index (χ2v) is 3.96. The molecule has 2 aromatic carbocycles. The second kappa shape index (κ2) is 3.81. The number of halogens is 2. The lowest BCUT2D eigenvalue weighted by Crippen LogP contribution is -1.92. The Morgan fingerprint density at radius 1 is 0.824 bits per heavy atom. The second-order valence-electron chi connectivity index (χ2n) is 3.96. The van der Waals surface area contributed by atoms with Crippen molar-refractivity contribution < 1.29 is 8.78 Å². The molecular formula is C15H9F2. The Bertz CT molecular complexity index is 612. The van der Waals surface area contributed by atoms with Gasteiger partial charge in [-0.05, 0) is 34.9 Å². The van der Waals surface area contributed by atoms with Gasteiger partial charge < -0.3 is 0 Å². The Kier molecular flexibility index (Phi) is 2.29. The molecule has 0 saturated carbocycles. The molecule has 0 fully saturated rings. The average Bonchev–Trinajstić information content (AvgIpc) is 2.76. The fourth-order valence-corrected chi connectivity index (χ4v) is 2.09. The molecule has 0 amide bonds. The molecule has 1 aliphatic rings. The van der Waals surface area contributed by atoms with Crippen LogP contribution in [0.2, 0.25) is 0 Å². The molecule has 0 bridgehead atoms. The minimum absolute atomic E-state index is 0.311. The quantitative estimate of drug-likeness (QED) is 0.691. The first-order valence-corrected chi connectivity index (χ1v) is 5.35. The fraction of sp³-hybridized carbons (Fsp3) is 0. The van der Waals surface area contributed by atoms with E-state index in [1.165, 1.54) is 6.07 Å². The standard InChI is InChI=1S/C15H9F2/c16-11-6-8-15(17)14(9-11)13-7-5-10-3-1-2-4-12(10)13/h1-9H. The molecule has 17 heavy (non-hydrogen) atoms. The summed E-state index contributed by atoms with van der Waals surface area (Å²) in [5.74, 6) is -0.825. The van der Waals surface area contributed by atoms with Crippen LogP contribution in [0.25, 0.3) is 5.57 Å². The predicted molar refractivity (Wildman–Crippen MR) is 63.3 cm³/mol. The van der Waals surface area contributed by atoms with E-state index in [-0.39, 0.29) is 0 Å². The number of fused-ring (bicyclic) bond motifs is 1. The number of hydrogen-bond donors (Lipinski definition) is 0. The Morgan fingerprint density at radius 2 is 1.65 bits per heavy atom. The van der Waals surface area contributed by atoms with Gasteiger partial charge >= 0.3 is 0 Å². The van der Waals surface area contributed by atoms with Crippen molar-refractivity contribution in [3.8, 4) is 0 Å². The third kappa shape index (κ3) is 1.66. The largest absolute Gasteiger partial charge is 0.207 e. The zero-order chi connectivity index (χ0) is 11.8. The van der Waals surface area contributed by atoms with E-state index < -0.39 is 11.6 Å².